The van der Waals surface area contributed by atoms with E-state index in [4.69, 9.17) is 0 Å². The van der Waals surface area contributed by atoms with Gasteiger partial charge in [-0.25, -0.2) is 0 Å². The molecule has 4 nitrogen and oxygen atoms in total. The lowest BCUT2D eigenvalue weighted by Crippen LogP contribution is -2.42. The number of thiophene rings is 1. The van der Waals surface area contributed by atoms with Gasteiger partial charge in [-0.3, -0.25) is 9.59 Å². The number of hydrogen-bond acceptors (Lipinski definition) is 3. The molecule has 0 bridgehead atoms. The van der Waals surface area contributed by atoms with Crippen molar-refractivity contribution in [3.8, 4) is 10.4 Å². The number of carbonyl (C=O) groups excluding carboxylic acids is 2. The summed E-state index contributed by atoms with van der Waals surface area (Å²) in [5, 5.41) is 2.08. The van der Waals surface area contributed by atoms with Crippen molar-refractivity contribution in [3.63, 3.8) is 0 Å². The van der Waals surface area contributed by atoms with Gasteiger partial charge in [-0.15, -0.1) is 11.3 Å². The van der Waals surface area contributed by atoms with Crippen LogP contribution in [0.1, 0.15) is 24.8 Å². The van der Waals surface area contributed by atoms with Crippen LogP contribution in [0.25, 0.3) is 10.4 Å². The fourth-order valence-electron chi connectivity index (χ4n) is 4.03. The lowest BCUT2D eigenvalue weighted by Gasteiger charge is -2.32. The molecule has 5 heteroatoms. The van der Waals surface area contributed by atoms with E-state index in [1.165, 1.54) is 16.0 Å². The van der Waals surface area contributed by atoms with Crippen LogP contribution < -0.4 is 0 Å². The van der Waals surface area contributed by atoms with Crippen molar-refractivity contribution in [2.45, 2.75) is 25.7 Å². The Morgan fingerprint density at radius 3 is 2.67 bits per heavy atom. The van der Waals surface area contributed by atoms with Crippen LogP contribution in [0.4, 0.5) is 0 Å². The van der Waals surface area contributed by atoms with E-state index >= 15 is 0 Å². The van der Waals surface area contributed by atoms with Gasteiger partial charge in [0, 0.05) is 37.5 Å². The van der Waals surface area contributed by atoms with E-state index in [1.54, 1.807) is 16.2 Å². The van der Waals surface area contributed by atoms with Crippen molar-refractivity contribution in [3.05, 3.63) is 47.3 Å². The van der Waals surface area contributed by atoms with Gasteiger partial charge in [-0.05, 0) is 41.8 Å². The molecule has 1 aliphatic heterocycles. The summed E-state index contributed by atoms with van der Waals surface area (Å²) in [5.74, 6) is 0.408. The van der Waals surface area contributed by atoms with Crippen molar-refractivity contribution in [2.24, 2.45) is 11.8 Å². The van der Waals surface area contributed by atoms with Crippen LogP contribution >= 0.6 is 11.3 Å². The molecule has 0 N–H and O–H groups in total. The largest absolute Gasteiger partial charge is 0.344 e. The molecule has 1 unspecified atom stereocenters. The standard InChI is InChI=1S/C22H26N2O2S/c1-23-11-12-24(22(26)16-7-4-8-16)15-18(21(23)25)14-17-6-2-3-9-19(17)20-10-5-13-27-20/h2-3,5-6,9-10,13,16,18H,4,7-8,11-12,14-15H2,1H3. The predicted octanol–water partition coefficient (Wildman–Crippen LogP) is 3.67. The number of carbonyl (C=O) groups is 2. The monoisotopic (exact) mass is 382 g/mol. The van der Waals surface area contributed by atoms with E-state index < -0.39 is 0 Å². The van der Waals surface area contributed by atoms with Crippen LogP contribution in [-0.4, -0.2) is 48.3 Å². The Hall–Kier alpha value is -2.14. The first-order valence-electron chi connectivity index (χ1n) is 9.79. The third kappa shape index (κ3) is 3.79. The first-order valence-corrected chi connectivity index (χ1v) is 10.7. The maximum Gasteiger partial charge on any atom is 0.227 e. The molecule has 2 aromatic rings. The number of nitrogens with zero attached hydrogens (tertiary/aromatic N) is 2. The van der Waals surface area contributed by atoms with Gasteiger partial charge in [-0.1, -0.05) is 36.8 Å². The summed E-state index contributed by atoms with van der Waals surface area (Å²) >= 11 is 1.72. The fourth-order valence-corrected chi connectivity index (χ4v) is 4.82. The molecular weight excluding hydrogens is 356 g/mol. The summed E-state index contributed by atoms with van der Waals surface area (Å²) in [6.07, 6.45) is 3.84. The maximum atomic E-state index is 13.0. The smallest absolute Gasteiger partial charge is 0.227 e. The molecule has 0 radical (unpaired) electrons. The summed E-state index contributed by atoms with van der Waals surface area (Å²) in [6, 6.07) is 12.5. The first-order chi connectivity index (χ1) is 13.1. The van der Waals surface area contributed by atoms with Gasteiger partial charge >= 0.3 is 0 Å². The van der Waals surface area contributed by atoms with Crippen molar-refractivity contribution in [2.75, 3.05) is 26.7 Å². The lowest BCUT2D eigenvalue weighted by molar-refractivity contribution is -0.138. The van der Waals surface area contributed by atoms with Gasteiger partial charge in [0.25, 0.3) is 0 Å². The second-order valence-corrected chi connectivity index (χ2v) is 8.66. The molecule has 1 aliphatic carbocycles. The fraction of sp³-hybridized carbons (Fsp3) is 0.455. The van der Waals surface area contributed by atoms with E-state index in [0.29, 0.717) is 26.1 Å². The van der Waals surface area contributed by atoms with Crippen molar-refractivity contribution in [1.29, 1.82) is 0 Å². The van der Waals surface area contributed by atoms with Crippen LogP contribution in [0.2, 0.25) is 0 Å². The zero-order valence-corrected chi connectivity index (χ0v) is 16.6. The predicted molar refractivity (Wildman–Crippen MR) is 109 cm³/mol. The van der Waals surface area contributed by atoms with Gasteiger partial charge in [0.1, 0.15) is 0 Å². The molecule has 0 spiro atoms. The Balaban J connectivity index is 1.57. The zero-order valence-electron chi connectivity index (χ0n) is 15.8. The third-order valence-electron chi connectivity index (χ3n) is 5.91. The minimum absolute atomic E-state index is 0.153. The molecule has 2 heterocycles. The highest BCUT2D eigenvalue weighted by atomic mass is 32.1. The Morgan fingerprint density at radius 2 is 1.96 bits per heavy atom. The lowest BCUT2D eigenvalue weighted by atomic mass is 9.84. The SMILES string of the molecule is CN1CCN(C(=O)C2CCC2)CC(Cc2ccccc2-c2cccs2)C1=O. The molecule has 27 heavy (non-hydrogen) atoms. The number of rotatable bonds is 4. The molecule has 2 fully saturated rings. The van der Waals surface area contributed by atoms with Gasteiger partial charge in [-0.2, -0.15) is 0 Å². The second kappa shape index (κ2) is 7.85. The van der Waals surface area contributed by atoms with Gasteiger partial charge < -0.3 is 9.80 Å². The van der Waals surface area contributed by atoms with Crippen molar-refractivity contribution in [1.82, 2.24) is 9.80 Å². The number of hydrogen-bond donors (Lipinski definition) is 0. The first kappa shape index (κ1) is 18.2. The summed E-state index contributed by atoms with van der Waals surface area (Å²) < 4.78 is 0. The van der Waals surface area contributed by atoms with Gasteiger partial charge in [0.15, 0.2) is 0 Å². The van der Waals surface area contributed by atoms with Crippen LogP contribution in [0.15, 0.2) is 41.8 Å². The topological polar surface area (TPSA) is 40.6 Å². The maximum absolute atomic E-state index is 13.0. The minimum atomic E-state index is -0.178. The second-order valence-electron chi connectivity index (χ2n) is 7.71. The Morgan fingerprint density at radius 1 is 1.15 bits per heavy atom. The van der Waals surface area contributed by atoms with E-state index in [-0.39, 0.29) is 23.7 Å². The number of benzene rings is 1. The van der Waals surface area contributed by atoms with E-state index in [1.807, 2.05) is 24.1 Å². The average molecular weight is 383 g/mol. The molecule has 1 saturated heterocycles. The van der Waals surface area contributed by atoms with Crippen LogP contribution in [0, 0.1) is 11.8 Å². The summed E-state index contributed by atoms with van der Waals surface area (Å²) in [5.41, 5.74) is 2.38. The highest BCUT2D eigenvalue weighted by Gasteiger charge is 2.35. The highest BCUT2D eigenvalue weighted by Crippen LogP contribution is 2.32. The molecule has 1 aromatic heterocycles. The molecule has 2 aliphatic rings. The summed E-state index contributed by atoms with van der Waals surface area (Å²) in [6.45, 7) is 1.82. The molecule has 2 amide bonds. The van der Waals surface area contributed by atoms with Crippen molar-refractivity contribution >= 4 is 23.2 Å². The Bertz CT molecular complexity index is 813. The normalized spacial score (nSPS) is 21.1. The van der Waals surface area contributed by atoms with Gasteiger partial charge in [0.2, 0.25) is 11.8 Å². The van der Waals surface area contributed by atoms with Crippen LogP contribution in [-0.2, 0) is 16.0 Å². The van der Waals surface area contributed by atoms with Crippen LogP contribution in [0.5, 0.6) is 0 Å². The Kier molecular flexibility index (Phi) is 5.30. The molecule has 1 atom stereocenters. The third-order valence-corrected chi connectivity index (χ3v) is 6.81. The van der Waals surface area contributed by atoms with Crippen molar-refractivity contribution < 1.29 is 9.59 Å². The van der Waals surface area contributed by atoms with E-state index in [0.717, 1.165) is 19.3 Å². The highest BCUT2D eigenvalue weighted by molar-refractivity contribution is 7.13. The summed E-state index contributed by atoms with van der Waals surface area (Å²) in [7, 11) is 1.86. The molecule has 1 saturated carbocycles. The molecule has 1 aromatic carbocycles. The molecular formula is C22H26N2O2S. The average Bonchev–Trinajstić information content (AvgIpc) is 3.12. The Labute approximate surface area is 164 Å². The van der Waals surface area contributed by atoms with E-state index in [2.05, 4.69) is 29.6 Å². The van der Waals surface area contributed by atoms with Crippen LogP contribution in [0.3, 0.4) is 0 Å². The van der Waals surface area contributed by atoms with E-state index in [9.17, 15) is 9.59 Å². The summed E-state index contributed by atoms with van der Waals surface area (Å²) in [4.78, 5) is 30.7. The number of likely N-dealkylation sites (N-methyl/N-ethyl adjacent to an activating group) is 1. The zero-order chi connectivity index (χ0) is 18.8. The molecule has 142 valence electrons. The number of amides is 2. The van der Waals surface area contributed by atoms with Gasteiger partial charge in [0.05, 0.1) is 5.92 Å². The molecule has 4 rings (SSSR count). The minimum Gasteiger partial charge on any atom is -0.344 e. The quantitative estimate of drug-likeness (QED) is 0.809.